The molecule has 1 aromatic carbocycles. The van der Waals surface area contributed by atoms with Gasteiger partial charge in [0.05, 0.1) is 11.9 Å². The van der Waals surface area contributed by atoms with Crippen molar-refractivity contribution < 1.29 is 4.79 Å². The minimum absolute atomic E-state index is 0.0964. The minimum atomic E-state index is -0.0964. The van der Waals surface area contributed by atoms with Crippen LogP contribution < -0.4 is 5.73 Å². The number of nitrogens with one attached hydrogen (secondary N) is 2. The maximum absolute atomic E-state index is 12.5. The number of para-hydroxylation sites is 1. The number of hydrogen-bond acceptors (Lipinski definition) is 3. The van der Waals surface area contributed by atoms with Gasteiger partial charge in [0.25, 0.3) is 5.91 Å². The van der Waals surface area contributed by atoms with Crippen LogP contribution in [0.15, 0.2) is 30.5 Å². The number of nitrogens with two attached hydrogens (primary N) is 1. The molecule has 0 fully saturated rings. The van der Waals surface area contributed by atoms with E-state index in [9.17, 15) is 4.79 Å². The third-order valence-corrected chi connectivity index (χ3v) is 4.05. The lowest BCUT2D eigenvalue weighted by molar-refractivity contribution is 0.0730. The van der Waals surface area contributed by atoms with E-state index in [0.29, 0.717) is 24.5 Å². The van der Waals surface area contributed by atoms with Crippen molar-refractivity contribution >= 4 is 22.5 Å². The third-order valence-electron chi connectivity index (χ3n) is 4.05. The molecule has 4 rings (SSSR count). The monoisotopic (exact) mass is 281 g/mol. The standard InChI is InChI=1S/C15H15N5O/c16-11-7-17-19-14(11)15(21)20-6-5-13-10(8-20)9-3-1-2-4-12(9)18-13/h1-4,7,18H,5-6,8,16H2,(H,17,19). The van der Waals surface area contributed by atoms with Crippen LogP contribution >= 0.6 is 0 Å². The average molecular weight is 281 g/mol. The molecule has 106 valence electrons. The van der Waals surface area contributed by atoms with E-state index in [-0.39, 0.29) is 5.91 Å². The molecule has 0 radical (unpaired) electrons. The molecule has 6 nitrogen and oxygen atoms in total. The Morgan fingerprint density at radius 3 is 3.00 bits per heavy atom. The maximum atomic E-state index is 12.5. The van der Waals surface area contributed by atoms with Crippen LogP contribution in [0.2, 0.25) is 0 Å². The molecular weight excluding hydrogens is 266 g/mol. The molecule has 1 aliphatic heterocycles. The molecule has 1 amide bonds. The topological polar surface area (TPSA) is 90.8 Å². The predicted octanol–water partition coefficient (Wildman–Crippen LogP) is 1.67. The molecule has 0 saturated heterocycles. The lowest BCUT2D eigenvalue weighted by Gasteiger charge is -2.27. The molecule has 1 aliphatic rings. The van der Waals surface area contributed by atoms with Crippen molar-refractivity contribution in [2.75, 3.05) is 12.3 Å². The lowest BCUT2D eigenvalue weighted by Crippen LogP contribution is -2.36. The first-order valence-electron chi connectivity index (χ1n) is 6.90. The van der Waals surface area contributed by atoms with Gasteiger partial charge < -0.3 is 15.6 Å². The number of benzene rings is 1. The second kappa shape index (κ2) is 4.37. The number of amides is 1. The van der Waals surface area contributed by atoms with Gasteiger partial charge in [0.15, 0.2) is 0 Å². The molecule has 21 heavy (non-hydrogen) atoms. The molecule has 0 atom stereocenters. The average Bonchev–Trinajstić information content (AvgIpc) is 3.09. The quantitative estimate of drug-likeness (QED) is 0.633. The molecule has 0 saturated carbocycles. The fourth-order valence-corrected chi connectivity index (χ4v) is 2.96. The van der Waals surface area contributed by atoms with Gasteiger partial charge in [-0.05, 0) is 6.07 Å². The number of nitrogens with zero attached hydrogens (tertiary/aromatic N) is 2. The van der Waals surface area contributed by atoms with Gasteiger partial charge in [0, 0.05) is 41.7 Å². The predicted molar refractivity (Wildman–Crippen MR) is 79.7 cm³/mol. The van der Waals surface area contributed by atoms with Crippen LogP contribution in [-0.2, 0) is 13.0 Å². The van der Waals surface area contributed by atoms with Crippen LogP contribution in [0.25, 0.3) is 10.9 Å². The van der Waals surface area contributed by atoms with Gasteiger partial charge in [-0.1, -0.05) is 18.2 Å². The van der Waals surface area contributed by atoms with Crippen LogP contribution in [0.5, 0.6) is 0 Å². The Labute approximate surface area is 120 Å². The fourth-order valence-electron chi connectivity index (χ4n) is 2.96. The zero-order valence-corrected chi connectivity index (χ0v) is 11.4. The van der Waals surface area contributed by atoms with Gasteiger partial charge in [0.1, 0.15) is 5.69 Å². The molecule has 6 heteroatoms. The summed E-state index contributed by atoms with van der Waals surface area (Å²) in [5.74, 6) is -0.0964. The smallest absolute Gasteiger partial charge is 0.274 e. The summed E-state index contributed by atoms with van der Waals surface area (Å²) in [5.41, 5.74) is 10.1. The summed E-state index contributed by atoms with van der Waals surface area (Å²) in [6.07, 6.45) is 2.29. The third kappa shape index (κ3) is 1.79. The highest BCUT2D eigenvalue weighted by molar-refractivity contribution is 5.97. The van der Waals surface area contributed by atoms with Crippen molar-refractivity contribution in [1.29, 1.82) is 0 Å². The number of aromatic amines is 2. The van der Waals surface area contributed by atoms with Crippen LogP contribution in [0.3, 0.4) is 0 Å². The van der Waals surface area contributed by atoms with E-state index in [1.807, 2.05) is 17.0 Å². The zero-order valence-electron chi connectivity index (χ0n) is 11.4. The molecule has 3 aromatic rings. The molecule has 3 heterocycles. The molecule has 2 aromatic heterocycles. The molecule has 0 bridgehead atoms. The Balaban J connectivity index is 1.70. The Morgan fingerprint density at radius 2 is 2.19 bits per heavy atom. The Kier molecular flexibility index (Phi) is 2.50. The summed E-state index contributed by atoms with van der Waals surface area (Å²) in [6, 6.07) is 8.18. The molecule has 0 spiro atoms. The first kappa shape index (κ1) is 12.0. The number of rotatable bonds is 1. The summed E-state index contributed by atoms with van der Waals surface area (Å²) in [4.78, 5) is 17.8. The normalized spacial score (nSPS) is 14.4. The number of carbonyl (C=O) groups excluding carboxylic acids is 1. The van der Waals surface area contributed by atoms with Gasteiger partial charge in [-0.3, -0.25) is 9.89 Å². The van der Waals surface area contributed by atoms with Crippen LogP contribution in [0.1, 0.15) is 21.7 Å². The molecule has 4 N–H and O–H groups in total. The van der Waals surface area contributed by atoms with Crippen LogP contribution in [-0.4, -0.2) is 32.5 Å². The minimum Gasteiger partial charge on any atom is -0.396 e. The van der Waals surface area contributed by atoms with Crippen LogP contribution in [0, 0.1) is 0 Å². The van der Waals surface area contributed by atoms with Gasteiger partial charge in [-0.2, -0.15) is 5.10 Å². The van der Waals surface area contributed by atoms with Crippen molar-refractivity contribution in [2.45, 2.75) is 13.0 Å². The number of nitrogen functional groups attached to an aromatic ring is 1. The summed E-state index contributed by atoms with van der Waals surface area (Å²) in [5, 5.41) is 7.68. The first-order valence-corrected chi connectivity index (χ1v) is 6.90. The number of anilines is 1. The highest BCUT2D eigenvalue weighted by atomic mass is 16.2. The fraction of sp³-hybridized carbons (Fsp3) is 0.200. The summed E-state index contributed by atoms with van der Waals surface area (Å²) in [7, 11) is 0. The Bertz CT molecular complexity index is 832. The first-order chi connectivity index (χ1) is 10.2. The van der Waals surface area contributed by atoms with Gasteiger partial charge in [-0.25, -0.2) is 0 Å². The van der Waals surface area contributed by atoms with E-state index in [2.05, 4.69) is 27.3 Å². The lowest BCUT2D eigenvalue weighted by atomic mass is 10.0. The Morgan fingerprint density at radius 1 is 1.33 bits per heavy atom. The van der Waals surface area contributed by atoms with Crippen molar-refractivity contribution in [3.05, 3.63) is 47.4 Å². The SMILES string of the molecule is Nc1cn[nH]c1C(=O)N1CCc2[nH]c3ccccc3c2C1. The summed E-state index contributed by atoms with van der Waals surface area (Å²) in [6.45, 7) is 1.27. The highest BCUT2D eigenvalue weighted by Gasteiger charge is 2.26. The Hall–Kier alpha value is -2.76. The van der Waals surface area contributed by atoms with Crippen LogP contribution in [0.4, 0.5) is 5.69 Å². The summed E-state index contributed by atoms with van der Waals surface area (Å²) < 4.78 is 0. The largest absolute Gasteiger partial charge is 0.396 e. The molecular formula is C15H15N5O. The van der Waals surface area contributed by atoms with E-state index in [1.165, 1.54) is 22.8 Å². The second-order valence-corrected chi connectivity index (χ2v) is 5.30. The number of fused-ring (bicyclic) bond motifs is 3. The van der Waals surface area contributed by atoms with Crippen molar-refractivity contribution in [3.8, 4) is 0 Å². The molecule has 0 unspecified atom stereocenters. The number of H-pyrrole nitrogens is 2. The number of carbonyl (C=O) groups is 1. The van der Waals surface area contributed by atoms with E-state index in [1.54, 1.807) is 0 Å². The van der Waals surface area contributed by atoms with E-state index in [4.69, 9.17) is 5.73 Å². The van der Waals surface area contributed by atoms with Crippen molar-refractivity contribution in [1.82, 2.24) is 20.1 Å². The highest BCUT2D eigenvalue weighted by Crippen LogP contribution is 2.28. The van der Waals surface area contributed by atoms with E-state index in [0.717, 1.165) is 11.9 Å². The van der Waals surface area contributed by atoms with Crippen molar-refractivity contribution in [3.63, 3.8) is 0 Å². The van der Waals surface area contributed by atoms with E-state index < -0.39 is 0 Å². The van der Waals surface area contributed by atoms with Crippen molar-refractivity contribution in [2.24, 2.45) is 0 Å². The van der Waals surface area contributed by atoms with E-state index >= 15 is 0 Å². The van der Waals surface area contributed by atoms with Gasteiger partial charge in [0.2, 0.25) is 0 Å². The summed E-state index contributed by atoms with van der Waals surface area (Å²) >= 11 is 0. The zero-order chi connectivity index (χ0) is 14.4. The maximum Gasteiger partial charge on any atom is 0.274 e. The number of aromatic nitrogens is 3. The molecule has 0 aliphatic carbocycles. The number of hydrogen-bond donors (Lipinski definition) is 3. The second-order valence-electron chi connectivity index (χ2n) is 5.30. The van der Waals surface area contributed by atoms with Gasteiger partial charge in [-0.15, -0.1) is 0 Å². The van der Waals surface area contributed by atoms with Gasteiger partial charge >= 0.3 is 0 Å².